The number of hydrogen-bond donors (Lipinski definition) is 1. The van der Waals surface area contributed by atoms with Gasteiger partial charge in [-0.2, -0.15) is 0 Å². The van der Waals surface area contributed by atoms with E-state index in [-0.39, 0.29) is 0 Å². The fraction of sp³-hybridized carbons (Fsp3) is 0.133. The van der Waals surface area contributed by atoms with Crippen molar-refractivity contribution < 1.29 is 0 Å². The number of para-hydroxylation sites is 2. The highest BCUT2D eigenvalue weighted by Crippen LogP contribution is 2.17. The summed E-state index contributed by atoms with van der Waals surface area (Å²) in [4.78, 5) is 3.24. The van der Waals surface area contributed by atoms with Crippen LogP contribution in [-0.2, 0) is 6.54 Å². The molecule has 3 heteroatoms. The first-order valence-corrected chi connectivity index (χ1v) is 6.38. The van der Waals surface area contributed by atoms with Crippen LogP contribution in [0.4, 0.5) is 0 Å². The Kier molecular flexibility index (Phi) is 2.76. The summed E-state index contributed by atoms with van der Waals surface area (Å²) in [6.07, 6.45) is 0. The third-order valence-corrected chi connectivity index (χ3v) is 3.59. The molecule has 2 aromatic carbocycles. The summed E-state index contributed by atoms with van der Waals surface area (Å²) in [7, 11) is 0. The van der Waals surface area contributed by atoms with Gasteiger partial charge < -0.3 is 9.55 Å². The molecule has 0 amide bonds. The molecule has 1 heterocycles. The second kappa shape index (κ2) is 4.42. The Hall–Kier alpha value is -1.87. The molecule has 1 N–H and O–H groups in total. The number of benzene rings is 2. The lowest BCUT2D eigenvalue weighted by Gasteiger charge is -2.07. The summed E-state index contributed by atoms with van der Waals surface area (Å²) in [5.74, 6) is 0. The van der Waals surface area contributed by atoms with Crippen LogP contribution in [-0.4, -0.2) is 9.55 Å². The number of aryl methyl sites for hydroxylation is 1. The van der Waals surface area contributed by atoms with Gasteiger partial charge in [-0.05, 0) is 42.4 Å². The Morgan fingerprint density at radius 2 is 1.78 bits per heavy atom. The Balaban J connectivity index is 2.13. The fourth-order valence-corrected chi connectivity index (χ4v) is 2.49. The maximum Gasteiger partial charge on any atom is 0.178 e. The number of hydrogen-bond acceptors (Lipinski definition) is 1. The van der Waals surface area contributed by atoms with Gasteiger partial charge in [-0.25, -0.2) is 0 Å². The van der Waals surface area contributed by atoms with Crippen molar-refractivity contribution in [3.63, 3.8) is 0 Å². The number of nitrogens with one attached hydrogen (secondary N) is 1. The van der Waals surface area contributed by atoms with Crippen molar-refractivity contribution in [1.82, 2.24) is 9.55 Å². The molecule has 0 saturated heterocycles. The average molecular weight is 254 g/mol. The molecule has 3 aromatic rings. The molecule has 2 nitrogen and oxygen atoms in total. The number of rotatable bonds is 2. The highest BCUT2D eigenvalue weighted by Gasteiger charge is 2.05. The van der Waals surface area contributed by atoms with Gasteiger partial charge in [0.15, 0.2) is 4.77 Å². The molecule has 3 rings (SSSR count). The highest BCUT2D eigenvalue weighted by atomic mass is 32.1. The van der Waals surface area contributed by atoms with E-state index in [1.54, 1.807) is 0 Å². The number of imidazole rings is 1. The normalized spacial score (nSPS) is 10.9. The largest absolute Gasteiger partial charge is 0.331 e. The van der Waals surface area contributed by atoms with Crippen LogP contribution in [0, 0.1) is 11.7 Å². The summed E-state index contributed by atoms with van der Waals surface area (Å²) in [5, 5.41) is 0. The van der Waals surface area contributed by atoms with E-state index in [9.17, 15) is 0 Å². The zero-order valence-electron chi connectivity index (χ0n) is 10.2. The van der Waals surface area contributed by atoms with Gasteiger partial charge >= 0.3 is 0 Å². The van der Waals surface area contributed by atoms with Crippen molar-refractivity contribution in [1.29, 1.82) is 0 Å². The predicted molar refractivity (Wildman–Crippen MR) is 77.4 cm³/mol. The SMILES string of the molecule is Cc1ccccc1Cn1c(=S)[nH]c2ccccc21. The second-order valence-corrected chi connectivity index (χ2v) is 4.85. The number of fused-ring (bicyclic) bond motifs is 1. The predicted octanol–water partition coefficient (Wildman–Crippen LogP) is 4.06. The van der Waals surface area contributed by atoms with Crippen LogP contribution in [0.2, 0.25) is 0 Å². The average Bonchev–Trinajstić information content (AvgIpc) is 2.69. The van der Waals surface area contributed by atoms with Crippen LogP contribution in [0.5, 0.6) is 0 Å². The Morgan fingerprint density at radius 3 is 2.61 bits per heavy atom. The van der Waals surface area contributed by atoms with Crippen LogP contribution < -0.4 is 0 Å². The van der Waals surface area contributed by atoms with E-state index < -0.39 is 0 Å². The zero-order chi connectivity index (χ0) is 12.5. The smallest absolute Gasteiger partial charge is 0.178 e. The van der Waals surface area contributed by atoms with Crippen molar-refractivity contribution in [2.24, 2.45) is 0 Å². The lowest BCUT2D eigenvalue weighted by atomic mass is 10.1. The Morgan fingerprint density at radius 1 is 1.06 bits per heavy atom. The molecule has 0 aliphatic rings. The van der Waals surface area contributed by atoms with Crippen molar-refractivity contribution >= 4 is 23.3 Å². The Bertz CT molecular complexity index is 752. The van der Waals surface area contributed by atoms with E-state index in [2.05, 4.69) is 52.9 Å². The van der Waals surface area contributed by atoms with E-state index >= 15 is 0 Å². The van der Waals surface area contributed by atoms with Crippen molar-refractivity contribution in [3.05, 3.63) is 64.4 Å². The summed E-state index contributed by atoms with van der Waals surface area (Å²) in [6, 6.07) is 16.6. The molecular weight excluding hydrogens is 240 g/mol. The second-order valence-electron chi connectivity index (χ2n) is 4.46. The molecule has 0 bridgehead atoms. The van der Waals surface area contributed by atoms with Crippen LogP contribution in [0.15, 0.2) is 48.5 Å². The van der Waals surface area contributed by atoms with Crippen LogP contribution >= 0.6 is 12.2 Å². The minimum absolute atomic E-state index is 0.777. The lowest BCUT2D eigenvalue weighted by Crippen LogP contribution is -2.01. The van der Waals surface area contributed by atoms with Gasteiger partial charge in [-0.3, -0.25) is 0 Å². The Labute approximate surface area is 111 Å². The molecule has 0 atom stereocenters. The van der Waals surface area contributed by atoms with E-state index in [0.717, 1.165) is 22.3 Å². The topological polar surface area (TPSA) is 20.7 Å². The molecule has 18 heavy (non-hydrogen) atoms. The van der Waals surface area contributed by atoms with Gasteiger partial charge in [-0.15, -0.1) is 0 Å². The maximum absolute atomic E-state index is 5.40. The van der Waals surface area contributed by atoms with Gasteiger partial charge in [0.1, 0.15) is 0 Å². The van der Waals surface area contributed by atoms with Gasteiger partial charge in [0.2, 0.25) is 0 Å². The van der Waals surface area contributed by atoms with Crippen LogP contribution in [0.25, 0.3) is 11.0 Å². The minimum atomic E-state index is 0.777. The number of aromatic nitrogens is 2. The van der Waals surface area contributed by atoms with E-state index in [1.807, 2.05) is 12.1 Å². The molecule has 0 aliphatic carbocycles. The molecule has 1 aromatic heterocycles. The quantitative estimate of drug-likeness (QED) is 0.684. The summed E-state index contributed by atoms with van der Waals surface area (Å²) < 4.78 is 2.92. The third kappa shape index (κ3) is 1.87. The third-order valence-electron chi connectivity index (χ3n) is 3.27. The summed E-state index contributed by atoms with van der Waals surface area (Å²) >= 11 is 5.40. The highest BCUT2D eigenvalue weighted by molar-refractivity contribution is 7.71. The minimum Gasteiger partial charge on any atom is -0.331 e. The van der Waals surface area contributed by atoms with Crippen molar-refractivity contribution in [3.8, 4) is 0 Å². The van der Waals surface area contributed by atoms with Gasteiger partial charge in [0.05, 0.1) is 17.6 Å². The van der Waals surface area contributed by atoms with Gasteiger partial charge in [0.25, 0.3) is 0 Å². The van der Waals surface area contributed by atoms with Gasteiger partial charge in [-0.1, -0.05) is 36.4 Å². The molecule has 0 radical (unpaired) electrons. The van der Waals surface area contributed by atoms with E-state index in [0.29, 0.717) is 0 Å². The maximum atomic E-state index is 5.40. The lowest BCUT2D eigenvalue weighted by molar-refractivity contribution is 0.805. The number of aromatic amines is 1. The van der Waals surface area contributed by atoms with Crippen LogP contribution in [0.3, 0.4) is 0 Å². The van der Waals surface area contributed by atoms with E-state index in [4.69, 9.17) is 12.2 Å². The van der Waals surface area contributed by atoms with Crippen LogP contribution in [0.1, 0.15) is 11.1 Å². The standard InChI is InChI=1S/C15H14N2S/c1-11-6-2-3-7-12(11)10-17-14-9-5-4-8-13(14)16-15(17)18/h2-9H,10H2,1H3,(H,16,18). The monoisotopic (exact) mass is 254 g/mol. The molecule has 0 spiro atoms. The summed E-state index contributed by atoms with van der Waals surface area (Å²) in [6.45, 7) is 2.95. The molecule has 0 fully saturated rings. The molecule has 90 valence electrons. The first-order valence-electron chi connectivity index (χ1n) is 5.98. The summed E-state index contributed by atoms with van der Waals surface area (Å²) in [5.41, 5.74) is 4.85. The number of H-pyrrole nitrogens is 1. The molecule has 0 saturated carbocycles. The molecule has 0 unspecified atom stereocenters. The first-order chi connectivity index (χ1) is 8.75. The molecular formula is C15H14N2S. The molecule has 0 aliphatic heterocycles. The number of nitrogens with zero attached hydrogens (tertiary/aromatic N) is 1. The van der Waals surface area contributed by atoms with E-state index in [1.165, 1.54) is 11.1 Å². The zero-order valence-corrected chi connectivity index (χ0v) is 11.0. The van der Waals surface area contributed by atoms with Crippen molar-refractivity contribution in [2.45, 2.75) is 13.5 Å². The van der Waals surface area contributed by atoms with Crippen molar-refractivity contribution in [2.75, 3.05) is 0 Å². The fourth-order valence-electron chi connectivity index (χ4n) is 2.22. The van der Waals surface area contributed by atoms with Gasteiger partial charge in [0, 0.05) is 0 Å². The first kappa shape index (κ1) is 11.2.